The number of nitrogen functional groups attached to an aromatic ring is 1. The highest BCUT2D eigenvalue weighted by Gasteiger charge is 2.27. The van der Waals surface area contributed by atoms with Crippen LogP contribution >= 0.6 is 0 Å². The first kappa shape index (κ1) is 15.0. The van der Waals surface area contributed by atoms with Gasteiger partial charge in [-0.15, -0.1) is 0 Å². The molecule has 1 fully saturated rings. The van der Waals surface area contributed by atoms with E-state index in [0.717, 1.165) is 30.5 Å². The Morgan fingerprint density at radius 2 is 2.00 bits per heavy atom. The molecule has 1 aliphatic heterocycles. The van der Waals surface area contributed by atoms with Crippen molar-refractivity contribution >= 4 is 11.8 Å². The summed E-state index contributed by atoms with van der Waals surface area (Å²) >= 11 is 0. The Balaban J connectivity index is 2.12. The molecule has 0 radical (unpaired) electrons. The highest BCUT2D eigenvalue weighted by molar-refractivity contribution is 5.44. The quantitative estimate of drug-likeness (QED) is 0.642. The zero-order chi connectivity index (χ0) is 14.8. The fraction of sp³-hybridized carbons (Fsp3) is 0.733. The molecule has 1 saturated heterocycles. The summed E-state index contributed by atoms with van der Waals surface area (Å²) in [7, 11) is 0. The van der Waals surface area contributed by atoms with Crippen LogP contribution in [0.3, 0.4) is 0 Å². The van der Waals surface area contributed by atoms with Crippen LogP contribution in [0.2, 0.25) is 0 Å². The number of rotatable bonds is 2. The fourth-order valence-corrected chi connectivity index (χ4v) is 2.97. The third-order valence-electron chi connectivity index (χ3n) is 4.25. The molecule has 3 N–H and O–H groups in total. The minimum atomic E-state index is 0.390. The van der Waals surface area contributed by atoms with E-state index in [1.165, 1.54) is 19.3 Å². The topological polar surface area (TPSA) is 67.1 Å². The number of hydrogen-bond acceptors (Lipinski definition) is 5. The first-order chi connectivity index (χ1) is 9.40. The van der Waals surface area contributed by atoms with Gasteiger partial charge in [0, 0.05) is 24.8 Å². The molecule has 112 valence electrons. The van der Waals surface area contributed by atoms with Crippen LogP contribution in [0.4, 0.5) is 11.8 Å². The van der Waals surface area contributed by atoms with Gasteiger partial charge in [-0.25, -0.2) is 10.8 Å². The number of nitrogens with two attached hydrogens (primary N) is 1. The zero-order valence-electron chi connectivity index (χ0n) is 13.1. The van der Waals surface area contributed by atoms with Gasteiger partial charge in [-0.3, -0.25) is 5.43 Å². The number of anilines is 2. The summed E-state index contributed by atoms with van der Waals surface area (Å²) in [5, 5.41) is 0. The van der Waals surface area contributed by atoms with E-state index in [2.05, 4.69) is 41.1 Å². The highest BCUT2D eigenvalue weighted by atomic mass is 15.3. The largest absolute Gasteiger partial charge is 0.356 e. The summed E-state index contributed by atoms with van der Waals surface area (Å²) < 4.78 is 0. The SMILES string of the molecule is Cc1cc(N2CCCC(C(C)(C)C)CC2)nc(NN)n1. The van der Waals surface area contributed by atoms with Gasteiger partial charge in [0.25, 0.3) is 0 Å². The molecule has 0 aromatic carbocycles. The van der Waals surface area contributed by atoms with Gasteiger partial charge in [0.15, 0.2) is 0 Å². The summed E-state index contributed by atoms with van der Waals surface area (Å²) in [5.41, 5.74) is 3.88. The number of aromatic nitrogens is 2. The maximum atomic E-state index is 5.43. The fourth-order valence-electron chi connectivity index (χ4n) is 2.97. The van der Waals surface area contributed by atoms with Crippen molar-refractivity contribution in [2.24, 2.45) is 17.2 Å². The smallest absolute Gasteiger partial charge is 0.239 e. The van der Waals surface area contributed by atoms with Gasteiger partial charge in [0.1, 0.15) is 5.82 Å². The average molecular weight is 277 g/mol. The second kappa shape index (κ2) is 5.95. The van der Waals surface area contributed by atoms with Crippen LogP contribution in [0.1, 0.15) is 45.7 Å². The van der Waals surface area contributed by atoms with Crippen molar-refractivity contribution in [1.82, 2.24) is 9.97 Å². The minimum absolute atomic E-state index is 0.390. The molecule has 5 nitrogen and oxygen atoms in total. The highest BCUT2D eigenvalue weighted by Crippen LogP contribution is 2.35. The molecule has 2 heterocycles. The van der Waals surface area contributed by atoms with E-state index < -0.39 is 0 Å². The predicted octanol–water partition coefficient (Wildman–Crippen LogP) is 2.72. The third-order valence-corrected chi connectivity index (χ3v) is 4.25. The lowest BCUT2D eigenvalue weighted by Crippen LogP contribution is -2.27. The first-order valence-corrected chi connectivity index (χ1v) is 7.47. The van der Waals surface area contributed by atoms with Crippen molar-refractivity contribution in [2.45, 2.75) is 47.0 Å². The van der Waals surface area contributed by atoms with E-state index in [9.17, 15) is 0 Å². The normalized spacial score (nSPS) is 20.6. The Kier molecular flexibility index (Phi) is 4.48. The minimum Gasteiger partial charge on any atom is -0.356 e. The summed E-state index contributed by atoms with van der Waals surface area (Å²) in [4.78, 5) is 11.1. The Morgan fingerprint density at radius 3 is 2.65 bits per heavy atom. The van der Waals surface area contributed by atoms with Crippen LogP contribution in [0.5, 0.6) is 0 Å². The molecule has 1 unspecified atom stereocenters. The lowest BCUT2D eigenvalue weighted by Gasteiger charge is -2.30. The summed E-state index contributed by atoms with van der Waals surface area (Å²) in [5.74, 6) is 7.70. The van der Waals surface area contributed by atoms with Crippen LogP contribution in [0.15, 0.2) is 6.07 Å². The van der Waals surface area contributed by atoms with Gasteiger partial charge >= 0.3 is 0 Å². The van der Waals surface area contributed by atoms with Crippen molar-refractivity contribution in [3.8, 4) is 0 Å². The van der Waals surface area contributed by atoms with E-state index in [0.29, 0.717) is 11.4 Å². The second-order valence-electron chi connectivity index (χ2n) is 6.82. The van der Waals surface area contributed by atoms with Crippen molar-refractivity contribution in [3.63, 3.8) is 0 Å². The molecule has 2 rings (SSSR count). The van der Waals surface area contributed by atoms with Gasteiger partial charge in [0.2, 0.25) is 5.95 Å². The van der Waals surface area contributed by atoms with E-state index in [1.54, 1.807) is 0 Å². The first-order valence-electron chi connectivity index (χ1n) is 7.47. The van der Waals surface area contributed by atoms with Crippen molar-refractivity contribution < 1.29 is 0 Å². The maximum Gasteiger partial charge on any atom is 0.239 e. The summed E-state index contributed by atoms with van der Waals surface area (Å²) in [6.45, 7) is 11.1. The van der Waals surface area contributed by atoms with Crippen molar-refractivity contribution in [1.29, 1.82) is 0 Å². The van der Waals surface area contributed by atoms with E-state index >= 15 is 0 Å². The Morgan fingerprint density at radius 1 is 1.25 bits per heavy atom. The zero-order valence-corrected chi connectivity index (χ0v) is 13.1. The monoisotopic (exact) mass is 277 g/mol. The molecule has 1 aromatic rings. The number of nitrogens with one attached hydrogen (secondary N) is 1. The van der Waals surface area contributed by atoms with Gasteiger partial charge in [0.05, 0.1) is 0 Å². The molecule has 0 amide bonds. The van der Waals surface area contributed by atoms with Crippen molar-refractivity contribution in [3.05, 3.63) is 11.8 Å². The molecule has 0 saturated carbocycles. The number of aryl methyl sites for hydroxylation is 1. The molecule has 5 heteroatoms. The van der Waals surface area contributed by atoms with Crippen LogP contribution in [-0.4, -0.2) is 23.1 Å². The van der Waals surface area contributed by atoms with Gasteiger partial charge in [-0.05, 0) is 37.5 Å². The van der Waals surface area contributed by atoms with Gasteiger partial charge < -0.3 is 4.90 Å². The van der Waals surface area contributed by atoms with Crippen LogP contribution in [0.25, 0.3) is 0 Å². The molecule has 1 aliphatic rings. The molecule has 0 aliphatic carbocycles. The summed E-state index contributed by atoms with van der Waals surface area (Å²) in [6, 6.07) is 2.04. The van der Waals surface area contributed by atoms with Crippen LogP contribution < -0.4 is 16.2 Å². The molecule has 1 aromatic heterocycles. The van der Waals surface area contributed by atoms with E-state index in [-0.39, 0.29) is 0 Å². The Hall–Kier alpha value is -1.36. The number of hydrazine groups is 1. The Bertz CT molecular complexity index is 452. The number of nitrogens with zero attached hydrogens (tertiary/aromatic N) is 3. The second-order valence-corrected chi connectivity index (χ2v) is 6.82. The van der Waals surface area contributed by atoms with E-state index in [4.69, 9.17) is 5.84 Å². The molecule has 20 heavy (non-hydrogen) atoms. The molecule has 0 bridgehead atoms. The lowest BCUT2D eigenvalue weighted by molar-refractivity contribution is 0.220. The van der Waals surface area contributed by atoms with E-state index in [1.807, 2.05) is 13.0 Å². The Labute approximate surface area is 121 Å². The van der Waals surface area contributed by atoms with Gasteiger partial charge in [-0.2, -0.15) is 4.98 Å². The van der Waals surface area contributed by atoms with Crippen LogP contribution in [0, 0.1) is 18.3 Å². The average Bonchev–Trinajstić information content (AvgIpc) is 2.63. The molecule has 0 spiro atoms. The number of hydrogen-bond donors (Lipinski definition) is 2. The molecular formula is C15H27N5. The third kappa shape index (κ3) is 3.60. The van der Waals surface area contributed by atoms with Crippen molar-refractivity contribution in [2.75, 3.05) is 23.4 Å². The van der Waals surface area contributed by atoms with Gasteiger partial charge in [-0.1, -0.05) is 20.8 Å². The molecular weight excluding hydrogens is 250 g/mol. The predicted molar refractivity (Wildman–Crippen MR) is 83.6 cm³/mol. The standard InChI is InChI=1S/C15H27N5/c1-11-10-13(18-14(17-11)19-16)20-8-5-6-12(7-9-20)15(2,3)4/h10,12H,5-9,16H2,1-4H3,(H,17,18,19). The lowest BCUT2D eigenvalue weighted by atomic mass is 9.77. The van der Waals surface area contributed by atoms with Crippen LogP contribution in [-0.2, 0) is 0 Å². The summed E-state index contributed by atoms with van der Waals surface area (Å²) in [6.07, 6.45) is 3.74. The molecule has 1 atom stereocenters. The maximum absolute atomic E-state index is 5.43.